The summed E-state index contributed by atoms with van der Waals surface area (Å²) in [5.41, 5.74) is 0. The predicted molar refractivity (Wildman–Crippen MR) is 340 cm³/mol. The van der Waals surface area contributed by atoms with E-state index in [1.54, 1.807) is 0 Å². The van der Waals surface area contributed by atoms with Crippen LogP contribution in [0.1, 0.15) is 319 Å². The Labute approximate surface area is 517 Å². The number of ether oxygens (including phenoxy) is 4. The van der Waals surface area contributed by atoms with Gasteiger partial charge in [-0.25, -0.2) is 9.13 Å². The monoisotopic (exact) mass is 1250 g/mol. The quantitative estimate of drug-likeness (QED) is 0.0222. The zero-order chi connectivity index (χ0) is 63.2. The highest BCUT2D eigenvalue weighted by Crippen LogP contribution is 2.45. The molecule has 0 rings (SSSR count). The SMILES string of the molecule is CC(C)CCCCCCCCCCCCCCCC(=O)OC[C@H](COP(=O)(O)OC[C@@H](O)COP(=O)(O)OC[C@@H](COC(=O)CCCCCCCCC(C)C)OC(=O)CCCCCCCCC(C)C)OC(=O)CCCCCCCCCCC(C)C. The van der Waals surface area contributed by atoms with E-state index >= 15 is 0 Å². The van der Waals surface area contributed by atoms with E-state index in [0.29, 0.717) is 37.5 Å². The van der Waals surface area contributed by atoms with Crippen LogP contribution in [0.4, 0.5) is 0 Å². The fraction of sp³-hybridized carbons (Fsp3) is 0.939. The Kier molecular flexibility index (Phi) is 54.8. The average Bonchev–Trinajstić information content (AvgIpc) is 3.53. The second-order valence-electron chi connectivity index (χ2n) is 25.8. The largest absolute Gasteiger partial charge is 0.472 e. The number of hydrogen-bond donors (Lipinski definition) is 3. The summed E-state index contributed by atoms with van der Waals surface area (Å²) in [5.74, 6) is 0.716. The molecule has 0 saturated carbocycles. The van der Waals surface area contributed by atoms with Crippen LogP contribution in [0.2, 0.25) is 0 Å². The van der Waals surface area contributed by atoms with Crippen molar-refractivity contribution in [3.05, 3.63) is 0 Å². The van der Waals surface area contributed by atoms with Gasteiger partial charge in [-0.05, 0) is 49.4 Å². The van der Waals surface area contributed by atoms with Crippen LogP contribution in [-0.2, 0) is 65.4 Å². The van der Waals surface area contributed by atoms with Crippen molar-refractivity contribution in [3.8, 4) is 0 Å². The van der Waals surface area contributed by atoms with Crippen LogP contribution in [-0.4, -0.2) is 96.7 Å². The molecule has 85 heavy (non-hydrogen) atoms. The predicted octanol–water partition coefficient (Wildman–Crippen LogP) is 18.1. The van der Waals surface area contributed by atoms with Crippen LogP contribution in [0.25, 0.3) is 0 Å². The van der Waals surface area contributed by atoms with Crippen molar-refractivity contribution in [2.45, 2.75) is 337 Å². The maximum absolute atomic E-state index is 13.0. The number of phosphoric acid groups is 2. The van der Waals surface area contributed by atoms with Gasteiger partial charge in [-0.3, -0.25) is 37.3 Å². The third-order valence-corrected chi connectivity index (χ3v) is 17.0. The topological polar surface area (TPSA) is 237 Å². The molecule has 504 valence electrons. The lowest BCUT2D eigenvalue weighted by molar-refractivity contribution is -0.161. The fourth-order valence-electron chi connectivity index (χ4n) is 9.78. The van der Waals surface area contributed by atoms with E-state index in [4.69, 9.17) is 37.0 Å². The molecule has 0 radical (unpaired) electrons. The fourth-order valence-corrected chi connectivity index (χ4v) is 11.4. The minimum atomic E-state index is -4.95. The van der Waals surface area contributed by atoms with Gasteiger partial charge in [0.1, 0.15) is 19.3 Å². The molecule has 3 N–H and O–H groups in total. The summed E-state index contributed by atoms with van der Waals surface area (Å²) in [6, 6.07) is 0. The maximum atomic E-state index is 13.0. The van der Waals surface area contributed by atoms with Crippen molar-refractivity contribution in [2.75, 3.05) is 39.6 Å². The Bertz CT molecular complexity index is 1700. The van der Waals surface area contributed by atoms with Gasteiger partial charge in [0.15, 0.2) is 12.2 Å². The zero-order valence-electron chi connectivity index (χ0n) is 55.2. The Balaban J connectivity index is 5.20. The number of phosphoric ester groups is 2. The Hall–Kier alpha value is -1.94. The second kappa shape index (κ2) is 56.1. The first-order chi connectivity index (χ1) is 40.6. The molecule has 0 bridgehead atoms. The molecule has 0 fully saturated rings. The van der Waals surface area contributed by atoms with E-state index in [-0.39, 0.29) is 25.7 Å². The van der Waals surface area contributed by atoms with Crippen LogP contribution < -0.4 is 0 Å². The minimum absolute atomic E-state index is 0.100. The molecular weight excluding hydrogens is 1130 g/mol. The Morgan fingerprint density at radius 1 is 0.294 bits per heavy atom. The van der Waals surface area contributed by atoms with Crippen molar-refractivity contribution in [3.63, 3.8) is 0 Å². The lowest BCUT2D eigenvalue weighted by atomic mass is 10.0. The number of hydrogen-bond acceptors (Lipinski definition) is 15. The molecule has 19 heteroatoms. The van der Waals surface area contributed by atoms with Crippen molar-refractivity contribution in [2.24, 2.45) is 23.7 Å². The molecule has 0 amide bonds. The third-order valence-electron chi connectivity index (χ3n) is 15.1. The number of aliphatic hydroxyl groups excluding tert-OH is 1. The van der Waals surface area contributed by atoms with Crippen LogP contribution in [0.3, 0.4) is 0 Å². The number of carbonyl (C=O) groups is 4. The molecule has 0 aliphatic heterocycles. The maximum Gasteiger partial charge on any atom is 0.472 e. The lowest BCUT2D eigenvalue weighted by Crippen LogP contribution is -2.30. The molecule has 0 aliphatic carbocycles. The van der Waals surface area contributed by atoms with Crippen LogP contribution in [0, 0.1) is 23.7 Å². The Morgan fingerprint density at radius 3 is 0.729 bits per heavy atom. The smallest absolute Gasteiger partial charge is 0.462 e. The van der Waals surface area contributed by atoms with Crippen LogP contribution in [0.5, 0.6) is 0 Å². The van der Waals surface area contributed by atoms with E-state index in [2.05, 4.69) is 55.4 Å². The summed E-state index contributed by atoms with van der Waals surface area (Å²) in [5, 5.41) is 10.5. The van der Waals surface area contributed by atoms with Gasteiger partial charge < -0.3 is 33.8 Å². The number of rotatable bonds is 63. The molecule has 0 aromatic rings. The standard InChI is InChI=1S/C66H128O17P2/c1-56(2)42-34-26-18-14-12-10-9-11-13-15-20-30-38-46-63(68)76-52-61(82-65(70)48-40-32-21-17-16-19-27-35-43-57(3)4)54-80-84(72,73)78-50-60(67)51-79-85(74,75)81-55-62(83-66(71)49-41-33-25-23-29-37-45-59(7)8)53-77-64(69)47-39-31-24-22-28-36-44-58(5)6/h56-62,67H,9-55H2,1-8H3,(H,72,73)(H,74,75)/t60-,61-,62-/m1/s1. The molecule has 5 atom stereocenters. The van der Waals surface area contributed by atoms with Crippen molar-refractivity contribution < 1.29 is 80.2 Å². The van der Waals surface area contributed by atoms with Gasteiger partial charge in [0.2, 0.25) is 0 Å². The molecule has 0 spiro atoms. The molecule has 0 aliphatic rings. The third kappa shape index (κ3) is 60.7. The van der Waals surface area contributed by atoms with Crippen molar-refractivity contribution >= 4 is 39.5 Å². The van der Waals surface area contributed by atoms with E-state index in [1.807, 2.05) is 0 Å². The number of unbranched alkanes of at least 4 members (excludes halogenated alkanes) is 29. The summed E-state index contributed by atoms with van der Waals surface area (Å²) in [6.07, 6.45) is 36.6. The summed E-state index contributed by atoms with van der Waals surface area (Å²) < 4.78 is 68.0. The normalized spacial score (nSPS) is 14.4. The van der Waals surface area contributed by atoms with Gasteiger partial charge in [0.25, 0.3) is 0 Å². The molecule has 2 unspecified atom stereocenters. The number of carbonyl (C=O) groups excluding carboxylic acids is 4. The summed E-state index contributed by atoms with van der Waals surface area (Å²) in [4.78, 5) is 72.2. The zero-order valence-corrected chi connectivity index (χ0v) is 57.0. The molecule has 17 nitrogen and oxygen atoms in total. The van der Waals surface area contributed by atoms with E-state index in [9.17, 15) is 43.2 Å². The van der Waals surface area contributed by atoms with Gasteiger partial charge in [-0.2, -0.15) is 0 Å². The molecular formula is C66H128O17P2. The minimum Gasteiger partial charge on any atom is -0.462 e. The van der Waals surface area contributed by atoms with Crippen LogP contribution >= 0.6 is 15.6 Å². The summed E-state index contributed by atoms with van der Waals surface area (Å²) >= 11 is 0. The highest BCUT2D eigenvalue weighted by Gasteiger charge is 2.30. The van der Waals surface area contributed by atoms with Crippen LogP contribution in [0.15, 0.2) is 0 Å². The van der Waals surface area contributed by atoms with E-state index in [1.165, 1.54) is 116 Å². The van der Waals surface area contributed by atoms with Crippen molar-refractivity contribution in [1.82, 2.24) is 0 Å². The average molecular weight is 1260 g/mol. The lowest BCUT2D eigenvalue weighted by Gasteiger charge is -2.21. The highest BCUT2D eigenvalue weighted by molar-refractivity contribution is 7.47. The van der Waals surface area contributed by atoms with Gasteiger partial charge in [-0.1, -0.05) is 267 Å². The van der Waals surface area contributed by atoms with Gasteiger partial charge in [0.05, 0.1) is 26.4 Å². The molecule has 0 saturated heterocycles. The first-order valence-electron chi connectivity index (χ1n) is 34.2. The second-order valence-corrected chi connectivity index (χ2v) is 28.7. The van der Waals surface area contributed by atoms with Gasteiger partial charge >= 0.3 is 39.5 Å². The van der Waals surface area contributed by atoms with E-state index in [0.717, 1.165) is 108 Å². The highest BCUT2D eigenvalue weighted by atomic mass is 31.2. The first kappa shape index (κ1) is 83.1. The first-order valence-corrected chi connectivity index (χ1v) is 37.2. The number of aliphatic hydroxyl groups is 1. The van der Waals surface area contributed by atoms with Gasteiger partial charge in [-0.15, -0.1) is 0 Å². The van der Waals surface area contributed by atoms with Gasteiger partial charge in [0, 0.05) is 25.7 Å². The Morgan fingerprint density at radius 2 is 0.494 bits per heavy atom. The molecule has 0 aromatic heterocycles. The van der Waals surface area contributed by atoms with Crippen molar-refractivity contribution in [1.29, 1.82) is 0 Å². The summed E-state index contributed by atoms with van der Waals surface area (Å²) in [6.45, 7) is 13.9. The summed E-state index contributed by atoms with van der Waals surface area (Å²) in [7, 11) is -9.89. The molecule has 0 aromatic carbocycles. The molecule has 0 heterocycles. The number of esters is 4. The van der Waals surface area contributed by atoms with E-state index < -0.39 is 97.5 Å².